The minimum absolute atomic E-state index is 0.273. The fourth-order valence-corrected chi connectivity index (χ4v) is 2.60. The Hall–Kier alpha value is -1.97. The first-order valence-corrected chi connectivity index (χ1v) is 6.91. The molecule has 20 heavy (non-hydrogen) atoms. The second kappa shape index (κ2) is 4.85. The zero-order valence-electron chi connectivity index (χ0n) is 11.6. The van der Waals surface area contributed by atoms with Crippen LogP contribution in [0.5, 0.6) is 0 Å². The first kappa shape index (κ1) is 13.0. The van der Waals surface area contributed by atoms with Gasteiger partial charge in [-0.05, 0) is 56.4 Å². The fraction of sp³-hybridized carbons (Fsp3) is 0.375. The fourth-order valence-electron chi connectivity index (χ4n) is 2.60. The summed E-state index contributed by atoms with van der Waals surface area (Å²) in [6, 6.07) is 4.86. The molecule has 1 aliphatic rings. The van der Waals surface area contributed by atoms with E-state index >= 15 is 0 Å². The molecule has 0 saturated heterocycles. The molecule has 0 N–H and O–H groups in total. The monoisotopic (exact) mass is 272 g/mol. The van der Waals surface area contributed by atoms with E-state index in [4.69, 9.17) is 0 Å². The number of aromatic nitrogens is 2. The predicted octanol–water partition coefficient (Wildman–Crippen LogP) is 3.78. The molecule has 104 valence electrons. The number of aldehydes is 1. The van der Waals surface area contributed by atoms with Crippen LogP contribution in [-0.2, 0) is 0 Å². The molecular formula is C16H17FN2O. The molecule has 1 atom stereocenters. The number of nitrogens with zero attached hydrogens (tertiary/aromatic N) is 2. The van der Waals surface area contributed by atoms with Gasteiger partial charge in [0.1, 0.15) is 11.5 Å². The first-order valence-electron chi connectivity index (χ1n) is 6.91. The molecule has 3 rings (SSSR count). The third-order valence-corrected chi connectivity index (χ3v) is 4.05. The zero-order valence-corrected chi connectivity index (χ0v) is 11.6. The lowest BCUT2D eigenvalue weighted by molar-refractivity contribution is 0.112. The van der Waals surface area contributed by atoms with E-state index in [0.717, 1.165) is 17.4 Å². The average Bonchev–Trinajstić information content (AvgIpc) is 3.18. The summed E-state index contributed by atoms with van der Waals surface area (Å²) in [6.07, 6.45) is 5.07. The molecule has 0 radical (unpaired) electrons. The lowest BCUT2D eigenvalue weighted by Gasteiger charge is -2.10. The Morgan fingerprint density at radius 1 is 1.45 bits per heavy atom. The highest BCUT2D eigenvalue weighted by molar-refractivity contribution is 5.86. The lowest BCUT2D eigenvalue weighted by atomic mass is 10.0. The second-order valence-electron chi connectivity index (χ2n) is 5.57. The van der Waals surface area contributed by atoms with Crippen LogP contribution in [0.1, 0.15) is 41.7 Å². The third-order valence-electron chi connectivity index (χ3n) is 4.05. The van der Waals surface area contributed by atoms with E-state index in [1.165, 1.54) is 25.0 Å². The number of hydrogen-bond acceptors (Lipinski definition) is 2. The number of rotatable bonds is 4. The lowest BCUT2D eigenvalue weighted by Crippen LogP contribution is -2.07. The van der Waals surface area contributed by atoms with Crippen molar-refractivity contribution in [1.82, 2.24) is 9.78 Å². The van der Waals surface area contributed by atoms with Crippen molar-refractivity contribution in [3.8, 4) is 11.3 Å². The molecule has 1 aromatic carbocycles. The Kier molecular flexibility index (Phi) is 3.16. The minimum atomic E-state index is -0.273. The summed E-state index contributed by atoms with van der Waals surface area (Å²) >= 11 is 0. The number of carbonyl (C=O) groups is 1. The molecule has 0 spiro atoms. The second-order valence-corrected chi connectivity index (χ2v) is 5.57. The molecule has 1 unspecified atom stereocenters. The molecule has 1 aromatic heterocycles. The van der Waals surface area contributed by atoms with Crippen molar-refractivity contribution in [2.45, 2.75) is 32.7 Å². The van der Waals surface area contributed by atoms with Crippen LogP contribution in [0.2, 0.25) is 0 Å². The summed E-state index contributed by atoms with van der Waals surface area (Å²) in [5, 5.41) is 4.57. The Balaban J connectivity index is 2.05. The zero-order chi connectivity index (χ0) is 14.3. The van der Waals surface area contributed by atoms with Crippen LogP contribution in [0.3, 0.4) is 0 Å². The quantitative estimate of drug-likeness (QED) is 0.794. The van der Waals surface area contributed by atoms with Crippen molar-refractivity contribution in [3.63, 3.8) is 0 Å². The summed E-state index contributed by atoms with van der Waals surface area (Å²) in [4.78, 5) is 11.3. The van der Waals surface area contributed by atoms with Crippen molar-refractivity contribution >= 4 is 6.29 Å². The molecule has 2 aromatic rings. The predicted molar refractivity (Wildman–Crippen MR) is 75.2 cm³/mol. The van der Waals surface area contributed by atoms with E-state index < -0.39 is 0 Å². The van der Waals surface area contributed by atoms with E-state index in [-0.39, 0.29) is 5.82 Å². The molecule has 1 aliphatic carbocycles. The molecule has 1 fully saturated rings. The summed E-state index contributed by atoms with van der Waals surface area (Å²) < 4.78 is 15.1. The number of benzene rings is 1. The SMILES string of the molecule is Cc1cc(F)ccc1-c1nn(C(C)C2CC2)cc1C=O. The van der Waals surface area contributed by atoms with Crippen LogP contribution in [-0.4, -0.2) is 16.1 Å². The maximum atomic E-state index is 13.2. The summed E-state index contributed by atoms with van der Waals surface area (Å²) in [5.74, 6) is 0.390. The van der Waals surface area contributed by atoms with Crippen molar-refractivity contribution < 1.29 is 9.18 Å². The van der Waals surface area contributed by atoms with Gasteiger partial charge in [0.05, 0.1) is 11.6 Å². The Morgan fingerprint density at radius 2 is 2.20 bits per heavy atom. The average molecular weight is 272 g/mol. The molecule has 1 heterocycles. The van der Waals surface area contributed by atoms with Gasteiger partial charge in [-0.1, -0.05) is 0 Å². The van der Waals surface area contributed by atoms with Crippen molar-refractivity contribution in [2.24, 2.45) is 5.92 Å². The van der Waals surface area contributed by atoms with Gasteiger partial charge in [0.2, 0.25) is 0 Å². The molecule has 4 heteroatoms. The summed E-state index contributed by atoms with van der Waals surface area (Å²) in [7, 11) is 0. The number of hydrogen-bond donors (Lipinski definition) is 0. The molecular weight excluding hydrogens is 255 g/mol. The van der Waals surface area contributed by atoms with Crippen LogP contribution in [0.25, 0.3) is 11.3 Å². The maximum Gasteiger partial charge on any atom is 0.153 e. The van der Waals surface area contributed by atoms with Gasteiger partial charge >= 0.3 is 0 Å². The van der Waals surface area contributed by atoms with Gasteiger partial charge < -0.3 is 0 Å². The largest absolute Gasteiger partial charge is 0.298 e. The molecule has 3 nitrogen and oxygen atoms in total. The Labute approximate surface area is 117 Å². The molecule has 1 saturated carbocycles. The number of halogens is 1. The van der Waals surface area contributed by atoms with Crippen LogP contribution in [0.4, 0.5) is 4.39 Å². The minimum Gasteiger partial charge on any atom is -0.298 e. The van der Waals surface area contributed by atoms with Crippen LogP contribution in [0, 0.1) is 18.7 Å². The molecule has 0 aliphatic heterocycles. The van der Waals surface area contributed by atoms with Gasteiger partial charge in [-0.3, -0.25) is 9.48 Å². The van der Waals surface area contributed by atoms with Gasteiger partial charge in [0, 0.05) is 11.8 Å². The van der Waals surface area contributed by atoms with E-state index in [9.17, 15) is 9.18 Å². The Morgan fingerprint density at radius 3 is 2.80 bits per heavy atom. The van der Waals surface area contributed by atoms with E-state index in [1.54, 1.807) is 12.3 Å². The molecule has 0 amide bonds. The van der Waals surface area contributed by atoms with Gasteiger partial charge in [-0.2, -0.15) is 5.10 Å². The van der Waals surface area contributed by atoms with Crippen LogP contribution < -0.4 is 0 Å². The summed E-state index contributed by atoms with van der Waals surface area (Å²) in [5.41, 5.74) is 2.81. The van der Waals surface area contributed by atoms with E-state index in [2.05, 4.69) is 12.0 Å². The van der Waals surface area contributed by atoms with E-state index in [1.807, 2.05) is 11.6 Å². The standard InChI is InChI=1S/C16H17FN2O/c1-10-7-14(17)5-6-15(10)16-13(9-20)8-19(18-16)11(2)12-3-4-12/h5-9,11-12H,3-4H2,1-2H3. The van der Waals surface area contributed by atoms with Crippen molar-refractivity contribution in [2.75, 3.05) is 0 Å². The van der Waals surface area contributed by atoms with Gasteiger partial charge in [0.25, 0.3) is 0 Å². The molecule has 0 bridgehead atoms. The van der Waals surface area contributed by atoms with Gasteiger partial charge in [-0.15, -0.1) is 0 Å². The normalized spacial score (nSPS) is 16.1. The van der Waals surface area contributed by atoms with Gasteiger partial charge in [-0.25, -0.2) is 4.39 Å². The maximum absolute atomic E-state index is 13.2. The first-order chi connectivity index (χ1) is 9.60. The third kappa shape index (κ3) is 2.26. The number of carbonyl (C=O) groups excluding carboxylic acids is 1. The highest BCUT2D eigenvalue weighted by Gasteiger charge is 2.30. The van der Waals surface area contributed by atoms with Crippen molar-refractivity contribution in [1.29, 1.82) is 0 Å². The van der Waals surface area contributed by atoms with Crippen molar-refractivity contribution in [3.05, 3.63) is 41.3 Å². The summed E-state index contributed by atoms with van der Waals surface area (Å²) in [6.45, 7) is 3.96. The van der Waals surface area contributed by atoms with Gasteiger partial charge in [0.15, 0.2) is 6.29 Å². The van der Waals surface area contributed by atoms with Crippen LogP contribution in [0.15, 0.2) is 24.4 Å². The topological polar surface area (TPSA) is 34.9 Å². The van der Waals surface area contributed by atoms with E-state index in [0.29, 0.717) is 23.2 Å². The van der Waals surface area contributed by atoms with Crippen LogP contribution >= 0.6 is 0 Å². The number of aryl methyl sites for hydroxylation is 1. The smallest absolute Gasteiger partial charge is 0.153 e. The highest BCUT2D eigenvalue weighted by Crippen LogP contribution is 2.39. The highest BCUT2D eigenvalue weighted by atomic mass is 19.1. The Bertz CT molecular complexity index is 658.